The Bertz CT molecular complexity index is 216. The standard InChI is InChI=1S/C11H20FN/c1-8(2)10(9(3)4)13-6-11(5,12)7-13/h8H,6-7H2,1-5H3. The fourth-order valence-corrected chi connectivity index (χ4v) is 2.18. The lowest BCUT2D eigenvalue weighted by atomic mass is 9.93. The number of hydrogen-bond acceptors (Lipinski definition) is 1. The molecule has 0 saturated carbocycles. The summed E-state index contributed by atoms with van der Waals surface area (Å²) in [4.78, 5) is 2.15. The molecule has 0 atom stereocenters. The molecule has 0 radical (unpaired) electrons. The molecule has 0 amide bonds. The summed E-state index contributed by atoms with van der Waals surface area (Å²) in [7, 11) is 0. The Hall–Kier alpha value is -0.530. The van der Waals surface area contributed by atoms with Gasteiger partial charge in [0, 0.05) is 5.70 Å². The molecule has 1 heterocycles. The summed E-state index contributed by atoms with van der Waals surface area (Å²) in [5, 5.41) is 0. The molecule has 0 aromatic rings. The van der Waals surface area contributed by atoms with Crippen LogP contribution in [0.2, 0.25) is 0 Å². The predicted octanol–water partition coefficient (Wildman–Crippen LogP) is 2.98. The van der Waals surface area contributed by atoms with Crippen molar-refractivity contribution in [3.05, 3.63) is 11.3 Å². The summed E-state index contributed by atoms with van der Waals surface area (Å²) in [5.41, 5.74) is 1.66. The van der Waals surface area contributed by atoms with E-state index in [1.807, 2.05) is 0 Å². The van der Waals surface area contributed by atoms with Crippen LogP contribution in [0.25, 0.3) is 0 Å². The van der Waals surface area contributed by atoms with E-state index in [1.165, 1.54) is 11.3 Å². The van der Waals surface area contributed by atoms with Crippen LogP contribution in [0, 0.1) is 5.92 Å². The number of halogens is 1. The molecule has 2 heteroatoms. The summed E-state index contributed by atoms with van der Waals surface area (Å²) in [6.07, 6.45) is 0. The van der Waals surface area contributed by atoms with E-state index < -0.39 is 5.67 Å². The first-order chi connectivity index (χ1) is 5.83. The second kappa shape index (κ2) is 3.32. The van der Waals surface area contributed by atoms with Crippen LogP contribution >= 0.6 is 0 Å². The molecule has 0 spiro atoms. The maximum atomic E-state index is 13.3. The molecule has 1 rings (SSSR count). The van der Waals surface area contributed by atoms with Crippen molar-refractivity contribution in [2.75, 3.05) is 13.1 Å². The van der Waals surface area contributed by atoms with E-state index in [0.717, 1.165) is 0 Å². The third-order valence-corrected chi connectivity index (χ3v) is 2.44. The molecule has 1 nitrogen and oxygen atoms in total. The van der Waals surface area contributed by atoms with Crippen molar-refractivity contribution >= 4 is 0 Å². The Morgan fingerprint density at radius 1 is 1.31 bits per heavy atom. The van der Waals surface area contributed by atoms with Gasteiger partial charge in [0.2, 0.25) is 0 Å². The molecule has 0 aromatic carbocycles. The fourth-order valence-electron chi connectivity index (χ4n) is 2.18. The van der Waals surface area contributed by atoms with Gasteiger partial charge in [-0.05, 0) is 26.7 Å². The van der Waals surface area contributed by atoms with Crippen LogP contribution in [0.4, 0.5) is 4.39 Å². The van der Waals surface area contributed by atoms with E-state index in [2.05, 4.69) is 32.6 Å². The number of likely N-dealkylation sites (tertiary alicyclic amines) is 1. The molecule has 0 aliphatic carbocycles. The molecular formula is C11H20FN. The van der Waals surface area contributed by atoms with E-state index in [4.69, 9.17) is 0 Å². The molecule has 1 saturated heterocycles. The highest BCUT2D eigenvalue weighted by Gasteiger charge is 2.40. The quantitative estimate of drug-likeness (QED) is 0.639. The normalized spacial score (nSPS) is 20.1. The van der Waals surface area contributed by atoms with Gasteiger partial charge in [0.1, 0.15) is 5.67 Å². The van der Waals surface area contributed by atoms with Crippen molar-refractivity contribution in [2.45, 2.75) is 40.3 Å². The van der Waals surface area contributed by atoms with Crippen LogP contribution in [-0.2, 0) is 0 Å². The Balaban J connectivity index is 2.67. The van der Waals surface area contributed by atoms with Crippen molar-refractivity contribution in [2.24, 2.45) is 5.92 Å². The minimum atomic E-state index is -0.963. The predicted molar refractivity (Wildman–Crippen MR) is 54.3 cm³/mol. The van der Waals surface area contributed by atoms with Gasteiger partial charge >= 0.3 is 0 Å². The summed E-state index contributed by atoms with van der Waals surface area (Å²) in [6, 6.07) is 0. The highest BCUT2D eigenvalue weighted by Crippen LogP contribution is 2.32. The van der Waals surface area contributed by atoms with E-state index in [-0.39, 0.29) is 0 Å². The molecule has 1 fully saturated rings. The topological polar surface area (TPSA) is 3.24 Å². The molecule has 0 aromatic heterocycles. The number of nitrogens with zero attached hydrogens (tertiary/aromatic N) is 1. The van der Waals surface area contributed by atoms with Gasteiger partial charge in [-0.25, -0.2) is 4.39 Å². The largest absolute Gasteiger partial charge is 0.368 e. The number of rotatable bonds is 2. The van der Waals surface area contributed by atoms with Gasteiger partial charge < -0.3 is 4.90 Å². The average Bonchev–Trinajstić information content (AvgIpc) is 1.80. The number of alkyl halides is 1. The summed E-state index contributed by atoms with van der Waals surface area (Å²) < 4.78 is 13.3. The minimum absolute atomic E-state index is 0.501. The maximum absolute atomic E-state index is 13.3. The van der Waals surface area contributed by atoms with Crippen molar-refractivity contribution in [3.8, 4) is 0 Å². The Labute approximate surface area is 80.6 Å². The SMILES string of the molecule is CC(C)=C(C(C)C)N1CC(C)(F)C1. The Morgan fingerprint density at radius 2 is 1.77 bits per heavy atom. The third-order valence-electron chi connectivity index (χ3n) is 2.44. The lowest BCUT2D eigenvalue weighted by Gasteiger charge is -2.46. The van der Waals surface area contributed by atoms with E-state index in [0.29, 0.717) is 19.0 Å². The Morgan fingerprint density at radius 3 is 2.00 bits per heavy atom. The van der Waals surface area contributed by atoms with Crippen LogP contribution < -0.4 is 0 Å². The van der Waals surface area contributed by atoms with Gasteiger partial charge in [-0.2, -0.15) is 0 Å². The first-order valence-corrected chi connectivity index (χ1v) is 4.95. The monoisotopic (exact) mass is 185 g/mol. The van der Waals surface area contributed by atoms with E-state index >= 15 is 0 Å². The minimum Gasteiger partial charge on any atom is -0.368 e. The highest BCUT2D eigenvalue weighted by atomic mass is 19.1. The fraction of sp³-hybridized carbons (Fsp3) is 0.818. The summed E-state index contributed by atoms with van der Waals surface area (Å²) in [6.45, 7) is 11.3. The Kier molecular flexibility index (Phi) is 2.69. The smallest absolute Gasteiger partial charge is 0.142 e. The van der Waals surface area contributed by atoms with Gasteiger partial charge in [0.05, 0.1) is 13.1 Å². The van der Waals surface area contributed by atoms with Gasteiger partial charge in [0.25, 0.3) is 0 Å². The second-order valence-corrected chi connectivity index (χ2v) is 4.81. The van der Waals surface area contributed by atoms with Crippen molar-refractivity contribution in [1.82, 2.24) is 4.90 Å². The molecule has 0 unspecified atom stereocenters. The first-order valence-electron chi connectivity index (χ1n) is 4.95. The zero-order valence-corrected chi connectivity index (χ0v) is 9.32. The lowest BCUT2D eigenvalue weighted by molar-refractivity contribution is -0.0000608. The lowest BCUT2D eigenvalue weighted by Crippen LogP contribution is -2.57. The van der Waals surface area contributed by atoms with Crippen LogP contribution in [0.15, 0.2) is 11.3 Å². The second-order valence-electron chi connectivity index (χ2n) is 4.81. The highest BCUT2D eigenvalue weighted by molar-refractivity contribution is 5.16. The zero-order valence-electron chi connectivity index (χ0n) is 9.32. The van der Waals surface area contributed by atoms with Crippen molar-refractivity contribution < 1.29 is 4.39 Å². The van der Waals surface area contributed by atoms with Crippen LogP contribution in [0.3, 0.4) is 0 Å². The first kappa shape index (κ1) is 10.6. The molecular weight excluding hydrogens is 165 g/mol. The molecule has 1 aliphatic rings. The van der Waals surface area contributed by atoms with E-state index in [1.54, 1.807) is 6.92 Å². The molecule has 13 heavy (non-hydrogen) atoms. The van der Waals surface area contributed by atoms with Crippen LogP contribution in [0.1, 0.15) is 34.6 Å². The number of allylic oxidation sites excluding steroid dienone is 2. The maximum Gasteiger partial charge on any atom is 0.142 e. The molecule has 76 valence electrons. The average molecular weight is 185 g/mol. The molecule has 1 aliphatic heterocycles. The summed E-state index contributed by atoms with van der Waals surface area (Å²) >= 11 is 0. The van der Waals surface area contributed by atoms with Crippen molar-refractivity contribution in [1.29, 1.82) is 0 Å². The van der Waals surface area contributed by atoms with Gasteiger partial charge in [-0.3, -0.25) is 0 Å². The third kappa shape index (κ3) is 2.23. The van der Waals surface area contributed by atoms with Crippen LogP contribution in [0.5, 0.6) is 0 Å². The van der Waals surface area contributed by atoms with E-state index in [9.17, 15) is 4.39 Å². The zero-order chi connectivity index (χ0) is 10.2. The van der Waals surface area contributed by atoms with Crippen LogP contribution in [-0.4, -0.2) is 23.7 Å². The molecule has 0 bridgehead atoms. The van der Waals surface area contributed by atoms with Gasteiger partial charge in [-0.15, -0.1) is 0 Å². The molecule has 0 N–H and O–H groups in total. The van der Waals surface area contributed by atoms with Gasteiger partial charge in [-0.1, -0.05) is 19.4 Å². The van der Waals surface area contributed by atoms with Gasteiger partial charge in [0.15, 0.2) is 0 Å². The number of hydrogen-bond donors (Lipinski definition) is 0. The van der Waals surface area contributed by atoms with Crippen molar-refractivity contribution in [3.63, 3.8) is 0 Å². The summed E-state index contributed by atoms with van der Waals surface area (Å²) in [5.74, 6) is 0.501.